The van der Waals surface area contributed by atoms with Crippen molar-refractivity contribution in [2.75, 3.05) is 4.90 Å². The third-order valence-electron chi connectivity index (χ3n) is 3.85. The van der Waals surface area contributed by atoms with Gasteiger partial charge in [-0.15, -0.1) is 0 Å². The minimum absolute atomic E-state index is 0.0842. The molecule has 0 spiro atoms. The summed E-state index contributed by atoms with van der Waals surface area (Å²) in [5.41, 5.74) is 0.576. The number of anilines is 1. The number of halogens is 1. The highest BCUT2D eigenvalue weighted by molar-refractivity contribution is 14.1. The molecule has 1 heterocycles. The summed E-state index contributed by atoms with van der Waals surface area (Å²) in [6.45, 7) is 1.46. The number of hydrogen-bond acceptors (Lipinski definition) is 3. The van der Waals surface area contributed by atoms with Crippen LogP contribution in [0.25, 0.3) is 0 Å². The predicted molar refractivity (Wildman–Crippen MR) is 85.6 cm³/mol. The van der Waals surface area contributed by atoms with Gasteiger partial charge in [0, 0.05) is 16.5 Å². The standard InChI is InChI=1S/C15H15IN2O3/c1-9(19)17(11-6-7-11)13-8-14(20)18(15(13)21)12-4-2-10(16)3-5-12/h2-5,11,13H,6-8H2,1H3. The molecule has 1 saturated heterocycles. The molecule has 1 saturated carbocycles. The van der Waals surface area contributed by atoms with Crippen molar-refractivity contribution in [3.05, 3.63) is 27.8 Å². The van der Waals surface area contributed by atoms with Gasteiger partial charge in [0.05, 0.1) is 12.1 Å². The van der Waals surface area contributed by atoms with Gasteiger partial charge in [0.2, 0.25) is 11.8 Å². The Morgan fingerprint density at radius 2 is 1.86 bits per heavy atom. The zero-order valence-electron chi connectivity index (χ0n) is 11.6. The molecule has 1 atom stereocenters. The summed E-state index contributed by atoms with van der Waals surface area (Å²) in [5.74, 6) is -0.658. The van der Waals surface area contributed by atoms with E-state index < -0.39 is 6.04 Å². The molecular weight excluding hydrogens is 383 g/mol. The van der Waals surface area contributed by atoms with Gasteiger partial charge >= 0.3 is 0 Å². The first-order chi connectivity index (χ1) is 9.99. The van der Waals surface area contributed by atoms with E-state index in [1.165, 1.54) is 11.8 Å². The molecular formula is C15H15IN2O3. The monoisotopic (exact) mass is 398 g/mol. The number of hydrogen-bond donors (Lipinski definition) is 0. The van der Waals surface area contributed by atoms with Crippen molar-refractivity contribution >= 4 is 46.0 Å². The number of benzene rings is 1. The molecule has 0 N–H and O–H groups in total. The molecule has 0 aromatic heterocycles. The summed E-state index contributed by atoms with van der Waals surface area (Å²) in [7, 11) is 0. The second-order valence-corrected chi connectivity index (χ2v) is 6.67. The summed E-state index contributed by atoms with van der Waals surface area (Å²) in [6, 6.07) is 6.72. The smallest absolute Gasteiger partial charge is 0.257 e. The van der Waals surface area contributed by atoms with E-state index in [0.717, 1.165) is 16.4 Å². The maximum atomic E-state index is 12.6. The van der Waals surface area contributed by atoms with Crippen LogP contribution in [0.4, 0.5) is 5.69 Å². The fraction of sp³-hybridized carbons (Fsp3) is 0.400. The number of rotatable bonds is 3. The lowest BCUT2D eigenvalue weighted by atomic mass is 10.2. The SMILES string of the molecule is CC(=O)N(C1CC1)C1CC(=O)N(c2ccc(I)cc2)C1=O. The Morgan fingerprint density at radius 3 is 2.38 bits per heavy atom. The third-order valence-corrected chi connectivity index (χ3v) is 4.57. The number of carbonyl (C=O) groups excluding carboxylic acids is 3. The molecule has 0 radical (unpaired) electrons. The Balaban J connectivity index is 1.88. The molecule has 1 aromatic rings. The normalized spacial score (nSPS) is 21.8. The Labute approximate surface area is 136 Å². The molecule has 1 unspecified atom stereocenters. The van der Waals surface area contributed by atoms with Crippen molar-refractivity contribution in [1.82, 2.24) is 4.90 Å². The maximum Gasteiger partial charge on any atom is 0.257 e. The topological polar surface area (TPSA) is 57.7 Å². The van der Waals surface area contributed by atoms with Gasteiger partial charge in [0.25, 0.3) is 5.91 Å². The highest BCUT2D eigenvalue weighted by atomic mass is 127. The third kappa shape index (κ3) is 2.68. The number of imide groups is 1. The predicted octanol–water partition coefficient (Wildman–Crippen LogP) is 1.93. The van der Waals surface area contributed by atoms with Crippen LogP contribution < -0.4 is 4.90 Å². The second-order valence-electron chi connectivity index (χ2n) is 5.42. The van der Waals surface area contributed by atoms with Gasteiger partial charge in [-0.1, -0.05) is 0 Å². The molecule has 6 heteroatoms. The minimum Gasteiger partial charge on any atom is -0.327 e. The number of amides is 3. The Bertz CT molecular complexity index is 610. The number of nitrogens with zero attached hydrogens (tertiary/aromatic N) is 2. The van der Waals surface area contributed by atoms with Gasteiger partial charge in [-0.3, -0.25) is 14.4 Å². The van der Waals surface area contributed by atoms with E-state index in [1.807, 2.05) is 12.1 Å². The zero-order chi connectivity index (χ0) is 15.1. The van der Waals surface area contributed by atoms with Crippen LogP contribution >= 0.6 is 22.6 Å². The molecule has 2 fully saturated rings. The summed E-state index contributed by atoms with van der Waals surface area (Å²) in [6.07, 6.45) is 1.92. The minimum atomic E-state index is -0.637. The molecule has 110 valence electrons. The van der Waals surface area contributed by atoms with E-state index >= 15 is 0 Å². The second kappa shape index (κ2) is 5.40. The Morgan fingerprint density at radius 1 is 1.24 bits per heavy atom. The van der Waals surface area contributed by atoms with Gasteiger partial charge in [-0.2, -0.15) is 0 Å². The van der Waals surface area contributed by atoms with Crippen molar-refractivity contribution in [3.63, 3.8) is 0 Å². The van der Waals surface area contributed by atoms with E-state index in [0.29, 0.717) is 5.69 Å². The van der Waals surface area contributed by atoms with Gasteiger partial charge in [0.1, 0.15) is 6.04 Å². The van der Waals surface area contributed by atoms with Crippen molar-refractivity contribution in [1.29, 1.82) is 0 Å². The first kappa shape index (κ1) is 14.5. The van der Waals surface area contributed by atoms with E-state index in [-0.39, 0.29) is 30.2 Å². The lowest BCUT2D eigenvalue weighted by Gasteiger charge is -2.26. The van der Waals surface area contributed by atoms with Crippen LogP contribution in [0.15, 0.2) is 24.3 Å². The molecule has 21 heavy (non-hydrogen) atoms. The number of carbonyl (C=O) groups is 3. The zero-order valence-corrected chi connectivity index (χ0v) is 13.7. The van der Waals surface area contributed by atoms with Crippen molar-refractivity contribution in [2.24, 2.45) is 0 Å². The lowest BCUT2D eigenvalue weighted by Crippen LogP contribution is -2.45. The molecule has 1 aliphatic carbocycles. The van der Waals surface area contributed by atoms with Crippen LogP contribution in [0.5, 0.6) is 0 Å². The average Bonchev–Trinajstić information content (AvgIpc) is 3.20. The van der Waals surface area contributed by atoms with E-state index in [1.54, 1.807) is 17.0 Å². The van der Waals surface area contributed by atoms with Gasteiger partial charge in [-0.05, 0) is 59.7 Å². The van der Waals surface area contributed by atoms with E-state index in [2.05, 4.69) is 22.6 Å². The first-order valence-electron chi connectivity index (χ1n) is 6.90. The van der Waals surface area contributed by atoms with Crippen LogP contribution in [-0.2, 0) is 14.4 Å². The fourth-order valence-electron chi connectivity index (χ4n) is 2.78. The summed E-state index contributed by atoms with van der Waals surface area (Å²) in [5, 5.41) is 0. The molecule has 1 aromatic carbocycles. The van der Waals surface area contributed by atoms with Crippen LogP contribution in [0.2, 0.25) is 0 Å². The molecule has 0 bridgehead atoms. The Hall–Kier alpha value is -1.44. The van der Waals surface area contributed by atoms with Crippen LogP contribution in [0.3, 0.4) is 0 Å². The lowest BCUT2D eigenvalue weighted by molar-refractivity contribution is -0.137. The van der Waals surface area contributed by atoms with Crippen LogP contribution in [-0.4, -0.2) is 34.7 Å². The quantitative estimate of drug-likeness (QED) is 0.578. The first-order valence-corrected chi connectivity index (χ1v) is 7.98. The van der Waals surface area contributed by atoms with Gasteiger partial charge < -0.3 is 4.90 Å². The summed E-state index contributed by atoms with van der Waals surface area (Å²) in [4.78, 5) is 39.4. The Kier molecular flexibility index (Phi) is 3.73. The highest BCUT2D eigenvalue weighted by Crippen LogP contribution is 2.34. The fourth-order valence-corrected chi connectivity index (χ4v) is 3.14. The van der Waals surface area contributed by atoms with Crippen LogP contribution in [0, 0.1) is 3.57 Å². The van der Waals surface area contributed by atoms with E-state index in [4.69, 9.17) is 0 Å². The van der Waals surface area contributed by atoms with E-state index in [9.17, 15) is 14.4 Å². The highest BCUT2D eigenvalue weighted by Gasteiger charge is 2.47. The van der Waals surface area contributed by atoms with Crippen LogP contribution in [0.1, 0.15) is 26.2 Å². The molecule has 3 rings (SSSR count). The average molecular weight is 398 g/mol. The van der Waals surface area contributed by atoms with Crippen molar-refractivity contribution < 1.29 is 14.4 Å². The largest absolute Gasteiger partial charge is 0.327 e. The molecule has 2 aliphatic rings. The summed E-state index contributed by atoms with van der Waals surface area (Å²) >= 11 is 2.17. The van der Waals surface area contributed by atoms with Crippen molar-refractivity contribution in [3.8, 4) is 0 Å². The summed E-state index contributed by atoms with van der Waals surface area (Å²) < 4.78 is 1.04. The molecule has 5 nitrogen and oxygen atoms in total. The molecule has 3 amide bonds. The van der Waals surface area contributed by atoms with Gasteiger partial charge in [0.15, 0.2) is 0 Å². The maximum absolute atomic E-state index is 12.6. The van der Waals surface area contributed by atoms with Crippen molar-refractivity contribution in [2.45, 2.75) is 38.3 Å². The van der Waals surface area contributed by atoms with Gasteiger partial charge in [-0.25, -0.2) is 4.90 Å². The molecule has 1 aliphatic heterocycles.